The van der Waals surface area contributed by atoms with Gasteiger partial charge in [-0.3, -0.25) is 10.1 Å². The van der Waals surface area contributed by atoms with Crippen LogP contribution in [0.1, 0.15) is 20.3 Å². The van der Waals surface area contributed by atoms with Crippen LogP contribution in [0.15, 0.2) is 35.7 Å². The number of hydrogen-bond acceptors (Lipinski definition) is 5. The van der Waals surface area contributed by atoms with E-state index in [9.17, 15) is 18.5 Å². The molecular formula is C16H23N3O4S. The zero-order chi connectivity index (χ0) is 17.9. The zero-order valence-electron chi connectivity index (χ0n) is 13.9. The molecule has 7 nitrogen and oxygen atoms in total. The molecule has 0 bridgehead atoms. The fraction of sp³-hybridized carbons (Fsp3) is 0.500. The molecule has 0 unspecified atom stereocenters. The summed E-state index contributed by atoms with van der Waals surface area (Å²) in [6.45, 7) is 8.82. The summed E-state index contributed by atoms with van der Waals surface area (Å²) in [4.78, 5) is 10.7. The summed E-state index contributed by atoms with van der Waals surface area (Å²) in [6, 6.07) is 3.98. The van der Waals surface area contributed by atoms with Crippen molar-refractivity contribution in [1.82, 2.24) is 4.31 Å². The molecule has 0 amide bonds. The van der Waals surface area contributed by atoms with Crippen LogP contribution in [-0.2, 0) is 10.0 Å². The monoisotopic (exact) mass is 353 g/mol. The molecule has 1 saturated heterocycles. The Morgan fingerprint density at radius 1 is 1.38 bits per heavy atom. The van der Waals surface area contributed by atoms with E-state index >= 15 is 0 Å². The van der Waals surface area contributed by atoms with Crippen molar-refractivity contribution in [2.45, 2.75) is 25.2 Å². The first kappa shape index (κ1) is 18.4. The molecule has 0 aliphatic carbocycles. The molecule has 2 rings (SSSR count). The molecule has 132 valence electrons. The van der Waals surface area contributed by atoms with Crippen molar-refractivity contribution < 1.29 is 13.3 Å². The van der Waals surface area contributed by atoms with Crippen LogP contribution in [0.5, 0.6) is 0 Å². The van der Waals surface area contributed by atoms with Crippen molar-refractivity contribution in [3.05, 3.63) is 41.0 Å². The van der Waals surface area contributed by atoms with Crippen LogP contribution in [0.4, 0.5) is 11.4 Å². The Bertz CT molecular complexity index is 723. The average molecular weight is 353 g/mol. The largest absolute Gasteiger partial charge is 0.376 e. The SMILES string of the molecule is C=CCNc1ccc(S(=O)(=O)N2C[C@H](C)C[C@@H](C)C2)cc1[N+](=O)[O-]. The van der Waals surface area contributed by atoms with Gasteiger partial charge in [0.25, 0.3) is 5.69 Å². The number of rotatable bonds is 6. The minimum absolute atomic E-state index is 0.0420. The minimum atomic E-state index is -3.74. The second-order valence-corrected chi connectivity index (χ2v) is 8.31. The Balaban J connectivity index is 2.38. The van der Waals surface area contributed by atoms with E-state index < -0.39 is 14.9 Å². The Morgan fingerprint density at radius 3 is 2.54 bits per heavy atom. The summed E-state index contributed by atoms with van der Waals surface area (Å²) in [5, 5.41) is 14.1. The average Bonchev–Trinajstić information content (AvgIpc) is 2.51. The lowest BCUT2D eigenvalue weighted by atomic mass is 9.94. The number of anilines is 1. The summed E-state index contributed by atoms with van der Waals surface area (Å²) in [5.74, 6) is 0.541. The summed E-state index contributed by atoms with van der Waals surface area (Å²) < 4.78 is 27.1. The van der Waals surface area contributed by atoms with Gasteiger partial charge in [0.15, 0.2) is 0 Å². The quantitative estimate of drug-likeness (QED) is 0.482. The lowest BCUT2D eigenvalue weighted by Gasteiger charge is -2.34. The van der Waals surface area contributed by atoms with Gasteiger partial charge < -0.3 is 5.32 Å². The maximum absolute atomic E-state index is 12.8. The number of nitrogens with one attached hydrogen (secondary N) is 1. The normalized spacial score (nSPS) is 22.1. The number of nitro groups is 1. The van der Waals surface area contributed by atoms with Gasteiger partial charge in [-0.25, -0.2) is 8.42 Å². The Morgan fingerprint density at radius 2 is 2.00 bits per heavy atom. The highest BCUT2D eigenvalue weighted by Crippen LogP contribution is 2.31. The Kier molecular flexibility index (Phi) is 5.61. The second kappa shape index (κ2) is 7.31. The van der Waals surface area contributed by atoms with Crippen molar-refractivity contribution >= 4 is 21.4 Å². The van der Waals surface area contributed by atoms with Crippen molar-refractivity contribution in [2.75, 3.05) is 25.0 Å². The van der Waals surface area contributed by atoms with E-state index in [1.54, 1.807) is 6.08 Å². The first-order valence-corrected chi connectivity index (χ1v) is 9.33. The minimum Gasteiger partial charge on any atom is -0.376 e. The maximum atomic E-state index is 12.8. The maximum Gasteiger partial charge on any atom is 0.293 e. The van der Waals surface area contributed by atoms with Crippen LogP contribution in [0, 0.1) is 22.0 Å². The number of piperidine rings is 1. The molecule has 1 aliphatic heterocycles. The zero-order valence-corrected chi connectivity index (χ0v) is 14.8. The molecule has 1 aromatic rings. The first-order chi connectivity index (χ1) is 11.3. The third-order valence-electron chi connectivity index (χ3n) is 4.08. The highest BCUT2D eigenvalue weighted by Gasteiger charge is 2.32. The first-order valence-electron chi connectivity index (χ1n) is 7.89. The van der Waals surface area contributed by atoms with E-state index in [2.05, 4.69) is 11.9 Å². The Hall–Kier alpha value is -1.93. The molecule has 1 heterocycles. The van der Waals surface area contributed by atoms with Gasteiger partial charge in [0.05, 0.1) is 9.82 Å². The van der Waals surface area contributed by atoms with Crippen molar-refractivity contribution in [3.8, 4) is 0 Å². The topological polar surface area (TPSA) is 92.6 Å². The lowest BCUT2D eigenvalue weighted by molar-refractivity contribution is -0.384. The van der Waals surface area contributed by atoms with Crippen molar-refractivity contribution in [3.63, 3.8) is 0 Å². The van der Waals surface area contributed by atoms with Gasteiger partial charge in [0, 0.05) is 25.7 Å². The molecule has 2 atom stereocenters. The molecule has 0 radical (unpaired) electrons. The molecule has 0 aromatic heterocycles. The van der Waals surface area contributed by atoms with Crippen LogP contribution < -0.4 is 5.32 Å². The summed E-state index contributed by atoms with van der Waals surface area (Å²) in [5.41, 5.74) is 0.0234. The molecule has 1 aromatic carbocycles. The number of nitrogens with zero attached hydrogens (tertiary/aromatic N) is 2. The van der Waals surface area contributed by atoms with Gasteiger partial charge in [0.2, 0.25) is 10.0 Å². The smallest absolute Gasteiger partial charge is 0.293 e. The van der Waals surface area contributed by atoms with E-state index in [0.717, 1.165) is 12.5 Å². The van der Waals surface area contributed by atoms with Crippen LogP contribution in [0.25, 0.3) is 0 Å². The van der Waals surface area contributed by atoms with Gasteiger partial charge >= 0.3 is 0 Å². The summed E-state index contributed by atoms with van der Waals surface area (Å²) in [7, 11) is -3.74. The molecule has 1 N–H and O–H groups in total. The van der Waals surface area contributed by atoms with Crippen LogP contribution in [0.2, 0.25) is 0 Å². The van der Waals surface area contributed by atoms with Gasteiger partial charge in [-0.15, -0.1) is 6.58 Å². The predicted molar refractivity (Wildman–Crippen MR) is 93.5 cm³/mol. The van der Waals surface area contributed by atoms with E-state index in [1.807, 2.05) is 13.8 Å². The number of nitro benzene ring substituents is 1. The van der Waals surface area contributed by atoms with E-state index in [1.165, 1.54) is 16.4 Å². The molecule has 8 heteroatoms. The van der Waals surface area contributed by atoms with Crippen molar-refractivity contribution in [1.29, 1.82) is 0 Å². The molecule has 1 fully saturated rings. The highest BCUT2D eigenvalue weighted by molar-refractivity contribution is 7.89. The van der Waals surface area contributed by atoms with E-state index in [4.69, 9.17) is 0 Å². The van der Waals surface area contributed by atoms with E-state index in [0.29, 0.717) is 19.6 Å². The van der Waals surface area contributed by atoms with Gasteiger partial charge in [0.1, 0.15) is 5.69 Å². The van der Waals surface area contributed by atoms with Crippen LogP contribution >= 0.6 is 0 Å². The summed E-state index contributed by atoms with van der Waals surface area (Å²) >= 11 is 0. The van der Waals surface area contributed by atoms with Gasteiger partial charge in [-0.2, -0.15) is 4.31 Å². The fourth-order valence-electron chi connectivity index (χ4n) is 3.11. The fourth-order valence-corrected chi connectivity index (χ4v) is 4.81. The third kappa shape index (κ3) is 3.93. The highest BCUT2D eigenvalue weighted by atomic mass is 32.2. The van der Waals surface area contributed by atoms with Crippen LogP contribution in [0.3, 0.4) is 0 Å². The number of sulfonamides is 1. The standard InChI is InChI=1S/C16H23N3O4S/c1-4-7-17-15-6-5-14(9-16(15)19(20)21)24(22,23)18-10-12(2)8-13(3)11-18/h4-6,9,12-13,17H,1,7-8,10-11H2,2-3H3/t12-,13-/m1/s1. The van der Waals surface area contributed by atoms with Crippen LogP contribution in [-0.4, -0.2) is 37.3 Å². The predicted octanol–water partition coefficient (Wildman–Crippen LogP) is 2.86. The second-order valence-electron chi connectivity index (χ2n) is 6.37. The lowest BCUT2D eigenvalue weighted by Crippen LogP contribution is -2.42. The molecule has 0 saturated carbocycles. The van der Waals surface area contributed by atoms with Gasteiger partial charge in [-0.1, -0.05) is 19.9 Å². The van der Waals surface area contributed by atoms with Crippen molar-refractivity contribution in [2.24, 2.45) is 11.8 Å². The molecular weight excluding hydrogens is 330 g/mol. The molecule has 24 heavy (non-hydrogen) atoms. The molecule has 0 spiro atoms. The van der Waals surface area contributed by atoms with Gasteiger partial charge in [-0.05, 0) is 30.4 Å². The third-order valence-corrected chi connectivity index (χ3v) is 5.90. The number of hydrogen-bond donors (Lipinski definition) is 1. The Labute approximate surface area is 142 Å². The summed E-state index contributed by atoms with van der Waals surface area (Å²) in [6.07, 6.45) is 2.56. The van der Waals surface area contributed by atoms with E-state index in [-0.39, 0.29) is 28.1 Å². The number of benzene rings is 1. The molecule has 1 aliphatic rings.